The molecule has 4 aromatic carbocycles. The van der Waals surface area contributed by atoms with E-state index in [2.05, 4.69) is 179 Å². The molecule has 108 heavy (non-hydrogen) atoms. The molecule has 0 aliphatic carbocycles. The van der Waals surface area contributed by atoms with Crippen LogP contribution in [0.5, 0.6) is 46.0 Å². The maximum Gasteiger partial charge on any atom is 0.123 e. The van der Waals surface area contributed by atoms with Crippen molar-refractivity contribution in [1.29, 1.82) is 0 Å². The zero-order valence-electron chi connectivity index (χ0n) is 67.6. The highest BCUT2D eigenvalue weighted by atomic mass is 16.5. The second-order valence-corrected chi connectivity index (χ2v) is 28.3. The van der Waals surface area contributed by atoms with E-state index in [4.69, 9.17) is 57.9 Å². The SMILES string of the molecule is CCC1=C(C)C2=NC1=C1N=C(C(C)=C1CC)C(c1cc(OC)cc(OC)c1)=c1[nH]c(c(CC)c1C)=C1N=C(C(C)=C1CC)C(c1cc(OC)cc(OC)c1)=c1[nH]c(c(CC)c1C)=c1[nH]c(c(C)c1CC)=C(c1cc(OC)cc(OC)c1)C1=NC(=c3[nH]c(c(C)c3CC)=C2c2cc(OC)cc(OC)c2)C(CC)=C1C. The summed E-state index contributed by atoms with van der Waals surface area (Å²) in [6, 6.07) is 24.5. The Bertz CT molecular complexity index is 5520. The maximum absolute atomic E-state index is 6.13. The number of nitrogens with one attached hydrogen (secondary N) is 4. The third-order valence-corrected chi connectivity index (χ3v) is 23.1. The van der Waals surface area contributed by atoms with Crippen LogP contribution in [0.1, 0.15) is 176 Å². The van der Waals surface area contributed by atoms with Gasteiger partial charge in [-0.05, 0) is 267 Å². The number of aromatic nitrogens is 4. The van der Waals surface area contributed by atoms with E-state index >= 15 is 0 Å². The largest absolute Gasteiger partial charge is 0.497 e. The normalized spacial score (nSPS) is 15.3. The van der Waals surface area contributed by atoms with Crippen molar-refractivity contribution < 1.29 is 37.9 Å². The average molecular weight is 1450 g/mol. The minimum Gasteiger partial charge on any atom is -0.497 e. The number of ether oxygens (including phenoxy) is 8. The van der Waals surface area contributed by atoms with E-state index < -0.39 is 0 Å². The highest BCUT2D eigenvalue weighted by molar-refractivity contribution is 6.37. The summed E-state index contributed by atoms with van der Waals surface area (Å²) in [6.07, 6.45) is 5.65. The Morgan fingerprint density at radius 2 is 0.417 bits per heavy atom. The van der Waals surface area contributed by atoms with Gasteiger partial charge in [-0.25, -0.2) is 20.0 Å². The second-order valence-electron chi connectivity index (χ2n) is 28.3. The standard InChI is InChI=1S/C92H104N8O8/c1-25-65-45(9)77-73(53-33-57(101-17)41-58(34-53)102-18)78-47(11)67(27-3)87(95-78)88-69(29-5)49(13)81(97-88)75(55-37-61(105-21)43-62(38-55)106-22)82-51(15)71(31-7)91(99-82)92-72(32-8)52(16)84(100-92)76(56-39-63(107-23)44-64(40-56)108-24)83-50(14)70(30-6)90(98-83)89-68(28-4)48(12)80(96-89)74(54-35-59(103-19)42-60(36-54)104-20)79-46(10)66(26-2)86(94-79)85(65)93-77/h33-44,93-94,97-98H,25-32H2,1-24H3. The number of H-pyrrole nitrogens is 4. The summed E-state index contributed by atoms with van der Waals surface area (Å²) < 4.78 is 49.0. The van der Waals surface area contributed by atoms with E-state index in [1.165, 1.54) is 11.1 Å². The van der Waals surface area contributed by atoms with Gasteiger partial charge in [0.2, 0.25) is 0 Å². The fourth-order valence-electron chi connectivity index (χ4n) is 17.4. The number of aromatic amines is 4. The van der Waals surface area contributed by atoms with Gasteiger partial charge in [0.05, 0.1) is 145 Å². The maximum atomic E-state index is 6.13. The molecule has 0 amide bonds. The Morgan fingerprint density at radius 3 is 0.611 bits per heavy atom. The van der Waals surface area contributed by atoms with Crippen LogP contribution in [0.3, 0.4) is 0 Å². The van der Waals surface area contributed by atoms with Crippen LogP contribution in [0.4, 0.5) is 0 Å². The van der Waals surface area contributed by atoms with E-state index in [1.54, 1.807) is 56.9 Å². The predicted octanol–water partition coefficient (Wildman–Crippen LogP) is 15.2. The van der Waals surface area contributed by atoms with Gasteiger partial charge in [-0.2, -0.15) is 0 Å². The van der Waals surface area contributed by atoms with Gasteiger partial charge in [0.1, 0.15) is 46.0 Å². The summed E-state index contributed by atoms with van der Waals surface area (Å²) in [7, 11) is 13.6. The van der Waals surface area contributed by atoms with Crippen molar-refractivity contribution in [3.8, 4) is 46.0 Å². The molecule has 0 fully saturated rings. The van der Waals surface area contributed by atoms with E-state index in [-0.39, 0.29) is 0 Å². The van der Waals surface area contributed by atoms with Gasteiger partial charge < -0.3 is 57.8 Å². The van der Waals surface area contributed by atoms with Gasteiger partial charge >= 0.3 is 0 Å². The molecule has 5 aliphatic heterocycles. The van der Waals surface area contributed by atoms with Crippen LogP contribution in [0.25, 0.3) is 33.7 Å². The molecule has 0 atom stereocenters. The van der Waals surface area contributed by atoms with Crippen LogP contribution in [0.2, 0.25) is 0 Å². The van der Waals surface area contributed by atoms with E-state index in [1.807, 2.05) is 24.3 Å². The Labute approximate surface area is 634 Å². The van der Waals surface area contributed by atoms with Crippen molar-refractivity contribution in [3.63, 3.8) is 0 Å². The number of rotatable bonds is 20. The van der Waals surface area contributed by atoms with E-state index in [0.29, 0.717) is 84.5 Å². The van der Waals surface area contributed by atoms with Gasteiger partial charge in [0.15, 0.2) is 0 Å². The number of aliphatic imine (C=N–C) groups is 4. The molecule has 16 heteroatoms. The number of benzene rings is 4. The van der Waals surface area contributed by atoms with Crippen molar-refractivity contribution >= 4 is 56.5 Å². The molecule has 16 bridgehead atoms. The fourth-order valence-corrected chi connectivity index (χ4v) is 17.4. The first kappa shape index (κ1) is 75.2. The molecule has 13 rings (SSSR count). The average Bonchev–Trinajstić information content (AvgIpc) is 1.58. The molecule has 560 valence electrons. The molecule has 0 spiro atoms. The van der Waals surface area contributed by atoms with Crippen molar-refractivity contribution in [2.75, 3.05) is 56.9 Å². The van der Waals surface area contributed by atoms with Gasteiger partial charge in [-0.1, -0.05) is 55.4 Å². The first-order valence-corrected chi connectivity index (χ1v) is 38.1. The van der Waals surface area contributed by atoms with Gasteiger partial charge in [0.25, 0.3) is 0 Å². The van der Waals surface area contributed by atoms with Gasteiger partial charge in [-0.3, -0.25) is 0 Å². The van der Waals surface area contributed by atoms with Crippen molar-refractivity contribution in [1.82, 2.24) is 19.9 Å². The molecule has 4 aromatic heterocycles. The molecule has 0 saturated heterocycles. The highest BCUT2D eigenvalue weighted by Gasteiger charge is 2.36. The summed E-state index contributed by atoms with van der Waals surface area (Å²) in [5.41, 5.74) is 31.7. The molecule has 5 aliphatic rings. The van der Waals surface area contributed by atoms with E-state index in [9.17, 15) is 0 Å². The molecular weight excluding hydrogens is 1350 g/mol. The lowest BCUT2D eigenvalue weighted by Gasteiger charge is -2.13. The van der Waals surface area contributed by atoms with Crippen molar-refractivity contribution in [3.05, 3.63) is 238 Å². The lowest BCUT2D eigenvalue weighted by Crippen LogP contribution is -2.21. The van der Waals surface area contributed by atoms with Crippen LogP contribution in [0, 0.1) is 38.4 Å². The third kappa shape index (κ3) is 12.3. The van der Waals surface area contributed by atoms with Crippen LogP contribution in [0.15, 0.2) is 149 Å². The number of allylic oxidation sites excluding steroid dienone is 6. The monoisotopic (exact) mass is 1450 g/mol. The minimum absolute atomic E-state index is 0.653. The lowest BCUT2D eigenvalue weighted by atomic mass is 9.91. The molecular formula is C92H104N8O8. The first-order valence-electron chi connectivity index (χ1n) is 38.1. The summed E-state index contributed by atoms with van der Waals surface area (Å²) in [4.78, 5) is 40.8. The molecule has 0 saturated carbocycles. The van der Waals surface area contributed by atoms with Crippen molar-refractivity contribution in [2.24, 2.45) is 20.0 Å². The summed E-state index contributed by atoms with van der Waals surface area (Å²) in [5.74, 6) is 5.25. The molecule has 8 aromatic rings. The number of fused-ring (bicyclic) bond motifs is 12. The number of methoxy groups -OCH3 is 8. The minimum atomic E-state index is 0.653. The highest BCUT2D eigenvalue weighted by Crippen LogP contribution is 2.45. The Hall–Kier alpha value is -11.0. The molecule has 9 heterocycles. The molecule has 4 N–H and O–H groups in total. The van der Waals surface area contributed by atoms with Crippen LogP contribution in [-0.2, 0) is 25.7 Å². The van der Waals surface area contributed by atoms with Crippen molar-refractivity contribution in [2.45, 2.75) is 162 Å². The zero-order valence-corrected chi connectivity index (χ0v) is 67.6. The molecule has 0 radical (unpaired) electrons. The van der Waals surface area contributed by atoms with Crippen LogP contribution >= 0.6 is 0 Å². The second kappa shape index (κ2) is 30.3. The Morgan fingerprint density at radius 1 is 0.231 bits per heavy atom. The topological polar surface area (TPSA) is 186 Å². The zero-order chi connectivity index (χ0) is 77.2. The number of hydrogen-bond acceptors (Lipinski definition) is 12. The smallest absolute Gasteiger partial charge is 0.123 e. The van der Waals surface area contributed by atoms with Crippen LogP contribution in [-0.4, -0.2) is 99.7 Å². The fraction of sp³-hybridized carbons (Fsp3) is 0.348. The lowest BCUT2D eigenvalue weighted by molar-refractivity contribution is 0.394. The van der Waals surface area contributed by atoms with E-state index in [0.717, 1.165) is 224 Å². The third-order valence-electron chi connectivity index (χ3n) is 23.1. The van der Waals surface area contributed by atoms with Gasteiger partial charge in [0, 0.05) is 46.6 Å². The Kier molecular flexibility index (Phi) is 21.1. The van der Waals surface area contributed by atoms with Crippen LogP contribution < -0.4 is 70.0 Å². The quantitative estimate of drug-likeness (QED) is 0.0580. The number of hydrogen-bond donors (Lipinski definition) is 4. The Balaban J connectivity index is 1.33. The molecule has 0 unspecified atom stereocenters. The molecule has 16 nitrogen and oxygen atoms in total. The summed E-state index contributed by atoms with van der Waals surface area (Å²) in [6.45, 7) is 35.8. The van der Waals surface area contributed by atoms with Gasteiger partial charge in [-0.15, -0.1) is 0 Å². The summed E-state index contributed by atoms with van der Waals surface area (Å²) in [5, 5.41) is 7.62. The predicted molar refractivity (Wildman–Crippen MR) is 439 cm³/mol. The number of nitrogens with zero attached hydrogens (tertiary/aromatic N) is 4. The first-order chi connectivity index (χ1) is 52.1. The summed E-state index contributed by atoms with van der Waals surface area (Å²) >= 11 is 0.